The van der Waals surface area contributed by atoms with Crippen molar-refractivity contribution < 1.29 is 4.74 Å². The second-order valence-electron chi connectivity index (χ2n) is 5.90. The Hall–Kier alpha value is -1.41. The predicted molar refractivity (Wildman–Crippen MR) is 97.0 cm³/mol. The van der Waals surface area contributed by atoms with E-state index in [9.17, 15) is 0 Å². The van der Waals surface area contributed by atoms with E-state index in [0.29, 0.717) is 11.6 Å². The summed E-state index contributed by atoms with van der Waals surface area (Å²) in [5.41, 5.74) is 0. The summed E-state index contributed by atoms with van der Waals surface area (Å²) in [6.45, 7) is 6.35. The molecule has 0 radical (unpaired) electrons. The second-order valence-corrected chi connectivity index (χ2v) is 6.68. The summed E-state index contributed by atoms with van der Waals surface area (Å²) in [5, 5.41) is 4.97. The molecule has 0 saturated carbocycles. The Labute approximate surface area is 152 Å². The van der Waals surface area contributed by atoms with Crippen LogP contribution in [0.5, 0.6) is 5.75 Å². The number of nitrogens with zero attached hydrogens (tertiary/aromatic N) is 5. The molecule has 0 amide bonds. The van der Waals surface area contributed by atoms with Crippen molar-refractivity contribution in [2.24, 2.45) is 7.05 Å². The molecule has 0 bridgehead atoms. The zero-order chi connectivity index (χ0) is 16.9. The SMILES string of the molecule is Cn1cnn(CN2CCN(CCOc3ccccc3Cl)CC2)c1=S. The van der Waals surface area contributed by atoms with Crippen LogP contribution >= 0.6 is 23.8 Å². The highest BCUT2D eigenvalue weighted by Gasteiger charge is 2.17. The number of hydrogen-bond donors (Lipinski definition) is 0. The van der Waals surface area contributed by atoms with Crippen molar-refractivity contribution >= 4 is 23.8 Å². The van der Waals surface area contributed by atoms with Crippen LogP contribution in [0, 0.1) is 4.77 Å². The first-order valence-corrected chi connectivity index (χ1v) is 8.82. The Morgan fingerprint density at radius 3 is 2.54 bits per heavy atom. The largest absolute Gasteiger partial charge is 0.491 e. The third-order valence-corrected chi connectivity index (χ3v) is 5.00. The number of piperazine rings is 1. The number of hydrogen-bond acceptors (Lipinski definition) is 5. The van der Waals surface area contributed by atoms with Crippen molar-refractivity contribution in [2.45, 2.75) is 6.67 Å². The first-order chi connectivity index (χ1) is 11.6. The summed E-state index contributed by atoms with van der Waals surface area (Å²) < 4.78 is 10.2. The van der Waals surface area contributed by atoms with E-state index < -0.39 is 0 Å². The predicted octanol–water partition coefficient (Wildman–Crippen LogP) is 2.26. The van der Waals surface area contributed by atoms with E-state index in [2.05, 4.69) is 14.9 Å². The van der Waals surface area contributed by atoms with Gasteiger partial charge >= 0.3 is 0 Å². The molecule has 130 valence electrons. The molecule has 1 saturated heterocycles. The smallest absolute Gasteiger partial charge is 0.198 e. The molecule has 6 nitrogen and oxygen atoms in total. The molecule has 0 unspecified atom stereocenters. The standard InChI is InChI=1S/C16H22ClN5OS/c1-19-12-18-22(16(19)24)13-21-8-6-20(7-9-21)10-11-23-15-5-3-2-4-14(15)17/h2-5,12H,6-11,13H2,1H3. The lowest BCUT2D eigenvalue weighted by atomic mass is 10.3. The minimum atomic E-state index is 0.648. The lowest BCUT2D eigenvalue weighted by Crippen LogP contribution is -2.47. The third kappa shape index (κ3) is 4.36. The number of ether oxygens (including phenoxy) is 1. The summed E-state index contributed by atoms with van der Waals surface area (Å²) in [6.07, 6.45) is 1.75. The van der Waals surface area contributed by atoms with Gasteiger partial charge in [-0.3, -0.25) is 9.80 Å². The van der Waals surface area contributed by atoms with Crippen LogP contribution in [0.25, 0.3) is 0 Å². The van der Waals surface area contributed by atoms with Crippen molar-refractivity contribution in [3.8, 4) is 5.75 Å². The molecule has 8 heteroatoms. The van der Waals surface area contributed by atoms with Crippen LogP contribution in [0.4, 0.5) is 0 Å². The third-order valence-electron chi connectivity index (χ3n) is 4.19. The quantitative estimate of drug-likeness (QED) is 0.732. The average Bonchev–Trinajstić information content (AvgIpc) is 2.90. The van der Waals surface area contributed by atoms with Crippen LogP contribution in [0.1, 0.15) is 0 Å². The Morgan fingerprint density at radius 1 is 1.17 bits per heavy atom. The van der Waals surface area contributed by atoms with Gasteiger partial charge in [-0.25, -0.2) is 4.68 Å². The van der Waals surface area contributed by atoms with Crippen molar-refractivity contribution in [1.29, 1.82) is 0 Å². The Kier molecular flexibility index (Phi) is 5.89. The fourth-order valence-corrected chi connectivity index (χ4v) is 3.05. The Bertz CT molecular complexity index is 723. The number of benzene rings is 1. The van der Waals surface area contributed by atoms with Gasteiger partial charge in [0.2, 0.25) is 0 Å². The van der Waals surface area contributed by atoms with Gasteiger partial charge < -0.3 is 9.30 Å². The highest BCUT2D eigenvalue weighted by Crippen LogP contribution is 2.22. The van der Waals surface area contributed by atoms with Gasteiger partial charge in [-0.2, -0.15) is 5.10 Å². The van der Waals surface area contributed by atoms with Crippen LogP contribution in [0.15, 0.2) is 30.6 Å². The molecular formula is C16H22ClN5OS. The van der Waals surface area contributed by atoms with Crippen molar-refractivity contribution in [3.05, 3.63) is 40.4 Å². The van der Waals surface area contributed by atoms with Gasteiger partial charge in [0, 0.05) is 39.8 Å². The van der Waals surface area contributed by atoms with Crippen LogP contribution in [0.2, 0.25) is 5.02 Å². The van der Waals surface area contributed by atoms with E-state index >= 15 is 0 Å². The molecular weight excluding hydrogens is 346 g/mol. The molecule has 2 aromatic rings. The topological polar surface area (TPSA) is 38.5 Å². The molecule has 0 spiro atoms. The number of aryl methyl sites for hydroxylation is 1. The average molecular weight is 368 g/mol. The van der Waals surface area contributed by atoms with E-state index in [1.54, 1.807) is 6.33 Å². The lowest BCUT2D eigenvalue weighted by molar-refractivity contribution is 0.0920. The van der Waals surface area contributed by atoms with Crippen LogP contribution in [-0.4, -0.2) is 63.5 Å². The summed E-state index contributed by atoms with van der Waals surface area (Å²) in [7, 11) is 1.92. The number of halogens is 1. The molecule has 0 aliphatic carbocycles. The molecule has 2 heterocycles. The maximum atomic E-state index is 6.09. The van der Waals surface area contributed by atoms with E-state index in [4.69, 9.17) is 28.6 Å². The van der Waals surface area contributed by atoms with Crippen molar-refractivity contribution in [3.63, 3.8) is 0 Å². The first-order valence-electron chi connectivity index (χ1n) is 8.04. The molecule has 24 heavy (non-hydrogen) atoms. The highest BCUT2D eigenvalue weighted by molar-refractivity contribution is 7.71. The van der Waals surface area contributed by atoms with E-state index in [-0.39, 0.29) is 0 Å². The first kappa shape index (κ1) is 17.4. The van der Waals surface area contributed by atoms with Gasteiger partial charge in [0.05, 0.1) is 11.7 Å². The Morgan fingerprint density at radius 2 is 1.88 bits per heavy atom. The maximum Gasteiger partial charge on any atom is 0.198 e. The number of para-hydroxylation sites is 1. The molecule has 1 fully saturated rings. The van der Waals surface area contributed by atoms with E-state index in [1.165, 1.54) is 0 Å². The second kappa shape index (κ2) is 8.11. The van der Waals surface area contributed by atoms with Crippen molar-refractivity contribution in [2.75, 3.05) is 39.3 Å². The van der Waals surface area contributed by atoms with Gasteiger partial charge in [0.15, 0.2) is 4.77 Å². The zero-order valence-electron chi connectivity index (χ0n) is 13.8. The molecule has 0 N–H and O–H groups in total. The van der Waals surface area contributed by atoms with Crippen LogP contribution < -0.4 is 4.74 Å². The molecule has 1 aliphatic rings. The molecule has 0 atom stereocenters. The molecule has 1 aliphatic heterocycles. The lowest BCUT2D eigenvalue weighted by Gasteiger charge is -2.34. The van der Waals surface area contributed by atoms with Gasteiger partial charge in [-0.05, 0) is 24.4 Å². The fraction of sp³-hybridized carbons (Fsp3) is 0.500. The summed E-state index contributed by atoms with van der Waals surface area (Å²) in [6, 6.07) is 7.58. The van der Waals surface area contributed by atoms with Crippen molar-refractivity contribution in [1.82, 2.24) is 24.1 Å². The molecule has 1 aromatic heterocycles. The summed E-state index contributed by atoms with van der Waals surface area (Å²) in [5.74, 6) is 0.752. The highest BCUT2D eigenvalue weighted by atomic mass is 35.5. The monoisotopic (exact) mass is 367 g/mol. The van der Waals surface area contributed by atoms with E-state index in [0.717, 1.165) is 49.9 Å². The maximum absolute atomic E-state index is 6.09. The summed E-state index contributed by atoms with van der Waals surface area (Å²) in [4.78, 5) is 4.78. The normalized spacial score (nSPS) is 16.4. The fourth-order valence-electron chi connectivity index (χ4n) is 2.71. The van der Waals surface area contributed by atoms with Gasteiger partial charge in [0.25, 0.3) is 0 Å². The van der Waals surface area contributed by atoms with Gasteiger partial charge in [0.1, 0.15) is 18.7 Å². The van der Waals surface area contributed by atoms with Gasteiger partial charge in [-0.15, -0.1) is 0 Å². The van der Waals surface area contributed by atoms with Crippen LogP contribution in [-0.2, 0) is 13.7 Å². The zero-order valence-corrected chi connectivity index (χ0v) is 15.3. The number of rotatable bonds is 6. The summed E-state index contributed by atoms with van der Waals surface area (Å²) >= 11 is 11.4. The van der Waals surface area contributed by atoms with Gasteiger partial charge in [-0.1, -0.05) is 23.7 Å². The minimum absolute atomic E-state index is 0.648. The molecule has 3 rings (SSSR count). The molecule has 1 aromatic carbocycles. The van der Waals surface area contributed by atoms with Crippen LogP contribution in [0.3, 0.4) is 0 Å². The van der Waals surface area contributed by atoms with E-state index in [1.807, 2.05) is 40.6 Å². The number of aromatic nitrogens is 3. The Balaban J connectivity index is 1.40. The minimum Gasteiger partial charge on any atom is -0.491 e.